The van der Waals surface area contributed by atoms with Crippen molar-refractivity contribution in [1.82, 2.24) is 5.32 Å². The molecule has 0 bridgehead atoms. The lowest BCUT2D eigenvalue weighted by atomic mass is 10.1. The van der Waals surface area contributed by atoms with E-state index in [0.29, 0.717) is 18.5 Å². The smallest absolute Gasteiger partial charge is 0.252 e. The van der Waals surface area contributed by atoms with Crippen LogP contribution in [0.25, 0.3) is 0 Å². The predicted octanol–water partition coefficient (Wildman–Crippen LogP) is 2.90. The molecule has 0 saturated carbocycles. The second kappa shape index (κ2) is 6.54. The molecule has 0 aliphatic carbocycles. The molecule has 0 fully saturated rings. The van der Waals surface area contributed by atoms with Crippen LogP contribution in [0.15, 0.2) is 51.7 Å². The highest BCUT2D eigenvalue weighted by Gasteiger charge is 2.11. The molecule has 4 nitrogen and oxygen atoms in total. The summed E-state index contributed by atoms with van der Waals surface area (Å²) in [6.45, 7) is 0.395. The van der Waals surface area contributed by atoms with Crippen molar-refractivity contribution in [1.29, 1.82) is 0 Å². The van der Waals surface area contributed by atoms with Crippen molar-refractivity contribution in [3.8, 4) is 0 Å². The van der Waals surface area contributed by atoms with Crippen molar-refractivity contribution in [2.75, 3.05) is 6.54 Å². The number of nitrogens with one attached hydrogen (secondary N) is 1. The molecule has 1 aromatic heterocycles. The molecule has 5 heteroatoms. The monoisotopic (exact) mass is 323 g/mol. The summed E-state index contributed by atoms with van der Waals surface area (Å²) in [6.07, 6.45) is 2.83. The molecule has 19 heavy (non-hydrogen) atoms. The summed E-state index contributed by atoms with van der Waals surface area (Å²) in [5.74, 6) is -0.160. The van der Waals surface area contributed by atoms with Crippen LogP contribution in [-0.2, 0) is 0 Å². The second-order valence-corrected chi connectivity index (χ2v) is 4.95. The van der Waals surface area contributed by atoms with Crippen LogP contribution in [-0.4, -0.2) is 17.6 Å². The van der Waals surface area contributed by atoms with E-state index in [1.165, 1.54) is 12.5 Å². The van der Waals surface area contributed by atoms with E-state index in [2.05, 4.69) is 21.2 Å². The van der Waals surface area contributed by atoms with Crippen LogP contribution >= 0.6 is 15.9 Å². The molecule has 2 aromatic rings. The van der Waals surface area contributed by atoms with Gasteiger partial charge in [0.2, 0.25) is 0 Å². The van der Waals surface area contributed by atoms with Gasteiger partial charge in [0, 0.05) is 16.6 Å². The Labute approximate surface area is 119 Å². The standard InChI is InChI=1S/C14H14BrNO3/c15-12-4-2-1-3-11(12)14(18)16-7-5-13(17)10-6-8-19-9-10/h1-4,6,8-9,13,17H,5,7H2,(H,16,18). The molecular weight excluding hydrogens is 310 g/mol. The number of benzene rings is 1. The molecular formula is C14H14BrNO3. The summed E-state index contributed by atoms with van der Waals surface area (Å²) >= 11 is 3.33. The number of aliphatic hydroxyl groups excluding tert-OH is 1. The highest BCUT2D eigenvalue weighted by Crippen LogP contribution is 2.17. The molecule has 0 aliphatic heterocycles. The molecule has 100 valence electrons. The van der Waals surface area contributed by atoms with Crippen molar-refractivity contribution < 1.29 is 14.3 Å². The summed E-state index contributed by atoms with van der Waals surface area (Å²) in [4.78, 5) is 11.9. The topological polar surface area (TPSA) is 62.5 Å². The minimum atomic E-state index is -0.627. The fourth-order valence-corrected chi connectivity index (χ4v) is 2.16. The molecule has 1 unspecified atom stereocenters. The van der Waals surface area contributed by atoms with Gasteiger partial charge >= 0.3 is 0 Å². The van der Waals surface area contributed by atoms with E-state index in [1.807, 2.05) is 12.1 Å². The van der Waals surface area contributed by atoms with Gasteiger partial charge in [-0.25, -0.2) is 0 Å². The molecule has 1 heterocycles. The van der Waals surface area contributed by atoms with E-state index in [9.17, 15) is 9.90 Å². The van der Waals surface area contributed by atoms with Gasteiger partial charge in [-0.3, -0.25) is 4.79 Å². The third-order valence-corrected chi connectivity index (χ3v) is 3.44. The van der Waals surface area contributed by atoms with Crippen LogP contribution < -0.4 is 5.32 Å². The van der Waals surface area contributed by atoms with Gasteiger partial charge in [0.05, 0.1) is 24.2 Å². The Hall–Kier alpha value is -1.59. The maximum atomic E-state index is 11.9. The minimum Gasteiger partial charge on any atom is -0.472 e. The van der Waals surface area contributed by atoms with Gasteiger partial charge in [-0.2, -0.15) is 0 Å². The van der Waals surface area contributed by atoms with Crippen LogP contribution in [0, 0.1) is 0 Å². The van der Waals surface area contributed by atoms with Crippen molar-refractivity contribution in [3.63, 3.8) is 0 Å². The number of carbonyl (C=O) groups is 1. The Bertz CT molecular complexity index is 539. The van der Waals surface area contributed by atoms with E-state index in [-0.39, 0.29) is 5.91 Å². The first-order chi connectivity index (χ1) is 9.18. The van der Waals surface area contributed by atoms with E-state index >= 15 is 0 Å². The quantitative estimate of drug-likeness (QED) is 0.889. The van der Waals surface area contributed by atoms with Crippen molar-refractivity contribution in [3.05, 3.63) is 58.5 Å². The molecule has 2 rings (SSSR count). The number of halogens is 1. The SMILES string of the molecule is O=C(NCCC(O)c1ccoc1)c1ccccc1Br. The number of amides is 1. The van der Waals surface area contributed by atoms with Crippen LogP contribution in [0.4, 0.5) is 0 Å². The average molecular weight is 324 g/mol. The van der Waals surface area contributed by atoms with Crippen LogP contribution in [0.2, 0.25) is 0 Å². The van der Waals surface area contributed by atoms with Crippen molar-refractivity contribution in [2.45, 2.75) is 12.5 Å². The fraction of sp³-hybridized carbons (Fsp3) is 0.214. The second-order valence-electron chi connectivity index (χ2n) is 4.10. The van der Waals surface area contributed by atoms with Crippen molar-refractivity contribution >= 4 is 21.8 Å². The summed E-state index contributed by atoms with van der Waals surface area (Å²) < 4.78 is 5.65. The van der Waals surface area contributed by atoms with E-state index in [0.717, 1.165) is 10.0 Å². The Morgan fingerprint density at radius 1 is 1.37 bits per heavy atom. The lowest BCUT2D eigenvalue weighted by molar-refractivity contribution is 0.0942. The van der Waals surface area contributed by atoms with Gasteiger partial charge < -0.3 is 14.8 Å². The number of carbonyl (C=O) groups excluding carboxylic acids is 1. The molecule has 1 aromatic carbocycles. The molecule has 2 N–H and O–H groups in total. The minimum absolute atomic E-state index is 0.160. The third-order valence-electron chi connectivity index (χ3n) is 2.75. The molecule has 0 radical (unpaired) electrons. The Morgan fingerprint density at radius 2 is 2.16 bits per heavy atom. The summed E-state index contributed by atoms with van der Waals surface area (Å²) in [5, 5.41) is 12.6. The average Bonchev–Trinajstić information content (AvgIpc) is 2.93. The lowest BCUT2D eigenvalue weighted by Gasteiger charge is -2.10. The predicted molar refractivity (Wildman–Crippen MR) is 74.8 cm³/mol. The number of furan rings is 1. The van der Waals surface area contributed by atoms with Crippen LogP contribution in [0.3, 0.4) is 0 Å². The first kappa shape index (κ1) is 13.8. The Balaban J connectivity index is 1.83. The van der Waals surface area contributed by atoms with Crippen LogP contribution in [0.1, 0.15) is 28.4 Å². The highest BCUT2D eigenvalue weighted by atomic mass is 79.9. The zero-order valence-electron chi connectivity index (χ0n) is 10.2. The Kier molecular flexibility index (Phi) is 4.76. The van der Waals surface area contributed by atoms with E-state index < -0.39 is 6.10 Å². The molecule has 1 atom stereocenters. The van der Waals surface area contributed by atoms with Crippen molar-refractivity contribution in [2.24, 2.45) is 0 Å². The molecule has 0 saturated heterocycles. The van der Waals surface area contributed by atoms with E-state index in [4.69, 9.17) is 4.42 Å². The first-order valence-electron chi connectivity index (χ1n) is 5.91. The summed E-state index contributed by atoms with van der Waals surface area (Å²) in [6, 6.07) is 8.92. The summed E-state index contributed by atoms with van der Waals surface area (Å²) in [5.41, 5.74) is 1.30. The Morgan fingerprint density at radius 3 is 2.84 bits per heavy atom. The largest absolute Gasteiger partial charge is 0.472 e. The molecule has 0 spiro atoms. The fourth-order valence-electron chi connectivity index (χ4n) is 1.69. The number of hydrogen-bond acceptors (Lipinski definition) is 3. The lowest BCUT2D eigenvalue weighted by Crippen LogP contribution is -2.25. The van der Waals surface area contributed by atoms with Gasteiger partial charge in [-0.05, 0) is 40.5 Å². The van der Waals surface area contributed by atoms with Gasteiger partial charge in [-0.1, -0.05) is 12.1 Å². The molecule has 0 aliphatic rings. The number of hydrogen-bond donors (Lipinski definition) is 2. The zero-order chi connectivity index (χ0) is 13.7. The number of rotatable bonds is 5. The number of aliphatic hydroxyl groups is 1. The van der Waals surface area contributed by atoms with E-state index in [1.54, 1.807) is 18.2 Å². The normalized spacial score (nSPS) is 12.1. The first-order valence-corrected chi connectivity index (χ1v) is 6.70. The maximum absolute atomic E-state index is 11.9. The van der Waals surface area contributed by atoms with Gasteiger partial charge in [0.15, 0.2) is 0 Å². The van der Waals surface area contributed by atoms with Gasteiger partial charge in [0.25, 0.3) is 5.91 Å². The van der Waals surface area contributed by atoms with Crippen LogP contribution in [0.5, 0.6) is 0 Å². The maximum Gasteiger partial charge on any atom is 0.252 e. The summed E-state index contributed by atoms with van der Waals surface area (Å²) in [7, 11) is 0. The van der Waals surface area contributed by atoms with Gasteiger partial charge in [0.1, 0.15) is 0 Å². The third kappa shape index (κ3) is 3.68. The molecule has 1 amide bonds. The zero-order valence-corrected chi connectivity index (χ0v) is 11.8. The van der Waals surface area contributed by atoms with Gasteiger partial charge in [-0.15, -0.1) is 0 Å². The highest BCUT2D eigenvalue weighted by molar-refractivity contribution is 9.10.